The lowest BCUT2D eigenvalue weighted by molar-refractivity contribution is -0.166. The van der Waals surface area contributed by atoms with Gasteiger partial charge in [-0.15, -0.1) is 0 Å². The molecule has 2 aliphatic rings. The highest BCUT2D eigenvalue weighted by Crippen LogP contribution is 2.43. The Morgan fingerprint density at radius 1 is 1.25 bits per heavy atom. The van der Waals surface area contributed by atoms with Crippen LogP contribution in [0.25, 0.3) is 0 Å². The number of hydrogen-bond donors (Lipinski definition) is 1. The molecule has 0 radical (unpaired) electrons. The van der Waals surface area contributed by atoms with Gasteiger partial charge in [0.2, 0.25) is 0 Å². The summed E-state index contributed by atoms with van der Waals surface area (Å²) in [4.78, 5) is 25.1. The number of rotatable bonds is 2. The quantitative estimate of drug-likeness (QED) is 0.836. The number of carbonyl (C=O) groups is 2. The number of ether oxygens (including phenoxy) is 2. The van der Waals surface area contributed by atoms with Crippen LogP contribution < -0.4 is 0 Å². The van der Waals surface area contributed by atoms with Crippen molar-refractivity contribution in [1.82, 2.24) is 4.90 Å². The molecular formula is C14H23NO5. The smallest absolute Gasteiger partial charge is 0.410 e. The maximum absolute atomic E-state index is 11.9. The van der Waals surface area contributed by atoms with Gasteiger partial charge >= 0.3 is 12.1 Å². The van der Waals surface area contributed by atoms with Crippen molar-refractivity contribution in [3.63, 3.8) is 0 Å². The fourth-order valence-corrected chi connectivity index (χ4v) is 2.84. The Bertz CT molecular complexity index is 389. The maximum Gasteiger partial charge on any atom is 0.410 e. The average Bonchev–Trinajstić information content (AvgIpc) is 2.25. The van der Waals surface area contributed by atoms with E-state index in [1.54, 1.807) is 4.90 Å². The van der Waals surface area contributed by atoms with Gasteiger partial charge in [-0.2, -0.15) is 0 Å². The van der Waals surface area contributed by atoms with Crippen molar-refractivity contribution < 1.29 is 24.2 Å². The van der Waals surface area contributed by atoms with Crippen molar-refractivity contribution >= 4 is 12.1 Å². The summed E-state index contributed by atoms with van der Waals surface area (Å²) in [6, 6.07) is 0. The van der Waals surface area contributed by atoms with Crippen molar-refractivity contribution in [3.05, 3.63) is 0 Å². The molecule has 2 aliphatic heterocycles. The summed E-state index contributed by atoms with van der Waals surface area (Å²) in [5.74, 6) is -0.772. The van der Waals surface area contributed by atoms with Gasteiger partial charge in [0, 0.05) is 32.2 Å². The van der Waals surface area contributed by atoms with E-state index < -0.39 is 17.0 Å². The van der Waals surface area contributed by atoms with Crippen LogP contribution >= 0.6 is 0 Å². The molecule has 1 amide bonds. The van der Waals surface area contributed by atoms with Crippen molar-refractivity contribution in [2.45, 2.75) is 39.2 Å². The van der Waals surface area contributed by atoms with E-state index in [1.807, 2.05) is 20.8 Å². The van der Waals surface area contributed by atoms with Crippen molar-refractivity contribution in [2.75, 3.05) is 26.3 Å². The fraction of sp³-hybridized carbons (Fsp3) is 0.857. The summed E-state index contributed by atoms with van der Waals surface area (Å²) < 4.78 is 10.6. The molecule has 0 aromatic rings. The van der Waals surface area contributed by atoms with E-state index in [9.17, 15) is 14.7 Å². The Kier molecular flexibility index (Phi) is 3.95. The third-order valence-electron chi connectivity index (χ3n) is 4.13. The molecule has 114 valence electrons. The summed E-state index contributed by atoms with van der Waals surface area (Å²) in [7, 11) is 0. The topological polar surface area (TPSA) is 76.1 Å². The maximum atomic E-state index is 11.9. The van der Waals surface area contributed by atoms with E-state index in [0.29, 0.717) is 39.1 Å². The number of aliphatic carboxylic acids is 1. The molecule has 2 rings (SSSR count). The molecule has 0 atom stereocenters. The van der Waals surface area contributed by atoms with Crippen LogP contribution in [0.15, 0.2) is 0 Å². The van der Waals surface area contributed by atoms with Gasteiger partial charge in [0.25, 0.3) is 0 Å². The highest BCUT2D eigenvalue weighted by Gasteiger charge is 2.52. The van der Waals surface area contributed by atoms with Crippen LogP contribution in [-0.2, 0) is 14.3 Å². The molecule has 2 fully saturated rings. The van der Waals surface area contributed by atoms with Gasteiger partial charge in [0.1, 0.15) is 5.60 Å². The molecule has 0 saturated carbocycles. The molecule has 0 aromatic heterocycles. The summed E-state index contributed by atoms with van der Waals surface area (Å²) in [5.41, 5.74) is -1.26. The van der Waals surface area contributed by atoms with E-state index in [4.69, 9.17) is 9.47 Å². The van der Waals surface area contributed by atoms with Crippen LogP contribution in [0.5, 0.6) is 0 Å². The van der Waals surface area contributed by atoms with Crippen molar-refractivity contribution in [3.8, 4) is 0 Å². The molecule has 6 heteroatoms. The number of nitrogens with zero attached hydrogens (tertiary/aromatic N) is 1. The molecule has 0 bridgehead atoms. The largest absolute Gasteiger partial charge is 0.481 e. The fourth-order valence-electron chi connectivity index (χ4n) is 2.84. The van der Waals surface area contributed by atoms with Gasteiger partial charge in [0.05, 0.1) is 5.41 Å². The molecule has 2 saturated heterocycles. The molecule has 0 unspecified atom stereocenters. The zero-order valence-electron chi connectivity index (χ0n) is 12.3. The lowest BCUT2D eigenvalue weighted by Crippen LogP contribution is -2.60. The highest BCUT2D eigenvalue weighted by atomic mass is 16.6. The molecule has 2 heterocycles. The Hall–Kier alpha value is -1.30. The zero-order valence-corrected chi connectivity index (χ0v) is 12.3. The van der Waals surface area contributed by atoms with Gasteiger partial charge in [-0.25, -0.2) is 4.79 Å². The second-order valence-electron chi connectivity index (χ2n) is 6.66. The first kappa shape index (κ1) is 15.1. The molecular weight excluding hydrogens is 262 g/mol. The van der Waals surface area contributed by atoms with E-state index in [2.05, 4.69) is 0 Å². The average molecular weight is 285 g/mol. The summed E-state index contributed by atoms with van der Waals surface area (Å²) in [6.45, 7) is 7.34. The van der Waals surface area contributed by atoms with Gasteiger partial charge in [-0.1, -0.05) is 0 Å². The SMILES string of the molecule is CC(C)(C)OC(=O)N1CC(C2(C(=O)O)CCOCC2)C1. The van der Waals surface area contributed by atoms with Crippen LogP contribution in [-0.4, -0.2) is 54.0 Å². The first-order valence-electron chi connectivity index (χ1n) is 7.04. The predicted octanol–water partition coefficient (Wildman–Crippen LogP) is 1.73. The number of carboxylic acid groups (broad SMARTS) is 1. The minimum atomic E-state index is -0.769. The highest BCUT2D eigenvalue weighted by molar-refractivity contribution is 5.76. The third-order valence-corrected chi connectivity index (χ3v) is 4.13. The minimum absolute atomic E-state index is 0.00332. The summed E-state index contributed by atoms with van der Waals surface area (Å²) >= 11 is 0. The van der Waals surface area contributed by atoms with E-state index in [1.165, 1.54) is 0 Å². The van der Waals surface area contributed by atoms with Gasteiger partial charge in [-0.3, -0.25) is 4.79 Å². The molecule has 6 nitrogen and oxygen atoms in total. The summed E-state index contributed by atoms with van der Waals surface area (Å²) in [5, 5.41) is 9.55. The van der Waals surface area contributed by atoms with Crippen molar-refractivity contribution in [2.24, 2.45) is 11.3 Å². The monoisotopic (exact) mass is 285 g/mol. The third kappa shape index (κ3) is 2.90. The Labute approximate surface area is 119 Å². The van der Waals surface area contributed by atoms with Crippen LogP contribution in [0.4, 0.5) is 4.79 Å². The molecule has 20 heavy (non-hydrogen) atoms. The number of carboxylic acids is 1. The van der Waals surface area contributed by atoms with Crippen molar-refractivity contribution in [1.29, 1.82) is 0 Å². The second kappa shape index (κ2) is 5.24. The van der Waals surface area contributed by atoms with Crippen LogP contribution in [0, 0.1) is 11.3 Å². The lowest BCUT2D eigenvalue weighted by atomic mass is 9.66. The van der Waals surface area contributed by atoms with Crippen LogP contribution in [0.3, 0.4) is 0 Å². The van der Waals surface area contributed by atoms with Gasteiger partial charge in [-0.05, 0) is 33.6 Å². The normalized spacial score (nSPS) is 23.1. The Morgan fingerprint density at radius 2 is 1.80 bits per heavy atom. The lowest BCUT2D eigenvalue weighted by Gasteiger charge is -2.49. The van der Waals surface area contributed by atoms with Gasteiger partial charge < -0.3 is 19.5 Å². The number of carbonyl (C=O) groups excluding carboxylic acids is 1. The first-order chi connectivity index (χ1) is 9.24. The molecule has 1 N–H and O–H groups in total. The van der Waals surface area contributed by atoms with E-state index in [-0.39, 0.29) is 12.0 Å². The molecule has 0 aliphatic carbocycles. The van der Waals surface area contributed by atoms with E-state index >= 15 is 0 Å². The minimum Gasteiger partial charge on any atom is -0.481 e. The predicted molar refractivity (Wildman–Crippen MR) is 71.4 cm³/mol. The second-order valence-corrected chi connectivity index (χ2v) is 6.66. The zero-order chi connectivity index (χ0) is 15.0. The number of amides is 1. The molecule has 0 spiro atoms. The Balaban J connectivity index is 1.94. The van der Waals surface area contributed by atoms with Crippen LogP contribution in [0.2, 0.25) is 0 Å². The first-order valence-corrected chi connectivity index (χ1v) is 7.04. The standard InChI is InChI=1S/C14H23NO5/c1-13(2,3)20-12(18)15-8-10(9-15)14(11(16)17)4-6-19-7-5-14/h10H,4-9H2,1-3H3,(H,16,17). The van der Waals surface area contributed by atoms with Crippen LogP contribution in [0.1, 0.15) is 33.6 Å². The van der Waals surface area contributed by atoms with Gasteiger partial charge in [0.15, 0.2) is 0 Å². The van der Waals surface area contributed by atoms with E-state index in [0.717, 1.165) is 0 Å². The summed E-state index contributed by atoms with van der Waals surface area (Å²) in [6.07, 6.45) is 0.686. The Morgan fingerprint density at radius 3 is 2.25 bits per heavy atom. The number of hydrogen-bond acceptors (Lipinski definition) is 4. The molecule has 0 aromatic carbocycles. The number of likely N-dealkylation sites (tertiary alicyclic amines) is 1.